The molecule has 3 nitrogen and oxygen atoms in total. The summed E-state index contributed by atoms with van der Waals surface area (Å²) < 4.78 is 0. The van der Waals surface area contributed by atoms with Crippen molar-refractivity contribution in [2.24, 2.45) is 0 Å². The van der Waals surface area contributed by atoms with Crippen LogP contribution in [0.5, 0.6) is 0 Å². The number of hydrogen-bond donors (Lipinski definition) is 0. The lowest BCUT2D eigenvalue weighted by molar-refractivity contribution is 0.115. The molecule has 0 aromatic rings. The highest BCUT2D eigenvalue weighted by Crippen LogP contribution is 2.09. The molecule has 3 heteroatoms. The van der Waals surface area contributed by atoms with E-state index in [1.165, 1.54) is 0 Å². The fourth-order valence-corrected chi connectivity index (χ4v) is 1.99. The summed E-state index contributed by atoms with van der Waals surface area (Å²) in [6.07, 6.45) is 2.12. The quantitative estimate of drug-likeness (QED) is 0.677. The molecule has 0 aliphatic carbocycles. The lowest BCUT2D eigenvalue weighted by Gasteiger charge is -2.36. The average Bonchev–Trinajstić information content (AvgIpc) is 2.26. The molecule has 0 amide bonds. The third-order valence-corrected chi connectivity index (χ3v) is 3.01. The van der Waals surface area contributed by atoms with Gasteiger partial charge in [-0.1, -0.05) is 20.3 Å². The molecule has 1 saturated heterocycles. The van der Waals surface area contributed by atoms with E-state index in [1.54, 1.807) is 0 Å². The molecule has 14 heavy (non-hydrogen) atoms. The second-order valence-corrected chi connectivity index (χ2v) is 3.90. The molecule has 1 fully saturated rings. The standard InChI is InChI=1S/C11H21N3/c1-3-5-11(10-12)14-8-6-13(4-2)7-9-14/h11H,3-9H2,1-2H3. The monoisotopic (exact) mass is 195 g/mol. The minimum absolute atomic E-state index is 0.152. The Labute approximate surface area is 87.3 Å². The van der Waals surface area contributed by atoms with E-state index in [4.69, 9.17) is 5.26 Å². The molecule has 0 spiro atoms. The van der Waals surface area contributed by atoms with E-state index >= 15 is 0 Å². The number of nitriles is 1. The summed E-state index contributed by atoms with van der Waals surface area (Å²) in [4.78, 5) is 4.77. The molecule has 1 aliphatic heterocycles. The zero-order valence-corrected chi connectivity index (χ0v) is 9.37. The lowest BCUT2D eigenvalue weighted by Crippen LogP contribution is -2.49. The minimum Gasteiger partial charge on any atom is -0.301 e. The van der Waals surface area contributed by atoms with Crippen molar-refractivity contribution in [2.45, 2.75) is 32.7 Å². The van der Waals surface area contributed by atoms with Crippen LogP contribution in [0.25, 0.3) is 0 Å². The van der Waals surface area contributed by atoms with Crippen molar-refractivity contribution in [3.8, 4) is 6.07 Å². The average molecular weight is 195 g/mol. The maximum atomic E-state index is 9.03. The van der Waals surface area contributed by atoms with E-state index in [1.807, 2.05) is 0 Å². The first-order valence-corrected chi connectivity index (χ1v) is 5.67. The molecule has 0 aromatic heterocycles. The first kappa shape index (κ1) is 11.5. The minimum atomic E-state index is 0.152. The van der Waals surface area contributed by atoms with Gasteiger partial charge in [0.2, 0.25) is 0 Å². The van der Waals surface area contributed by atoms with Crippen molar-refractivity contribution in [3.05, 3.63) is 0 Å². The van der Waals surface area contributed by atoms with E-state index in [0.29, 0.717) is 0 Å². The van der Waals surface area contributed by atoms with Crippen molar-refractivity contribution in [3.63, 3.8) is 0 Å². The molecule has 0 radical (unpaired) electrons. The summed E-state index contributed by atoms with van der Waals surface area (Å²) in [5.74, 6) is 0. The van der Waals surface area contributed by atoms with E-state index < -0.39 is 0 Å². The van der Waals surface area contributed by atoms with Gasteiger partial charge in [-0.25, -0.2) is 0 Å². The van der Waals surface area contributed by atoms with Crippen LogP contribution in [0.1, 0.15) is 26.7 Å². The molecular weight excluding hydrogens is 174 g/mol. The Morgan fingerprint density at radius 3 is 2.29 bits per heavy atom. The van der Waals surface area contributed by atoms with Crippen molar-refractivity contribution < 1.29 is 0 Å². The Bertz CT molecular complexity index is 189. The van der Waals surface area contributed by atoms with Gasteiger partial charge in [-0.15, -0.1) is 0 Å². The van der Waals surface area contributed by atoms with Crippen LogP contribution in [0.3, 0.4) is 0 Å². The summed E-state index contributed by atoms with van der Waals surface area (Å²) in [6.45, 7) is 9.85. The van der Waals surface area contributed by atoms with Crippen molar-refractivity contribution in [1.29, 1.82) is 5.26 Å². The summed E-state index contributed by atoms with van der Waals surface area (Å²) in [5, 5.41) is 9.03. The number of hydrogen-bond acceptors (Lipinski definition) is 3. The molecule has 1 heterocycles. The Balaban J connectivity index is 2.36. The maximum Gasteiger partial charge on any atom is 0.0978 e. The second-order valence-electron chi connectivity index (χ2n) is 3.90. The zero-order chi connectivity index (χ0) is 10.4. The van der Waals surface area contributed by atoms with Gasteiger partial charge in [0.05, 0.1) is 12.1 Å². The number of rotatable bonds is 4. The highest BCUT2D eigenvalue weighted by molar-refractivity contribution is 4.93. The van der Waals surface area contributed by atoms with Gasteiger partial charge in [0.25, 0.3) is 0 Å². The first-order valence-electron chi connectivity index (χ1n) is 5.67. The van der Waals surface area contributed by atoms with Crippen molar-refractivity contribution in [1.82, 2.24) is 9.80 Å². The molecule has 1 aliphatic rings. The van der Waals surface area contributed by atoms with Gasteiger partial charge in [0.15, 0.2) is 0 Å². The highest BCUT2D eigenvalue weighted by Gasteiger charge is 2.21. The normalized spacial score (nSPS) is 21.8. The third-order valence-electron chi connectivity index (χ3n) is 3.01. The maximum absolute atomic E-state index is 9.03. The number of piperazine rings is 1. The molecule has 0 N–H and O–H groups in total. The highest BCUT2D eigenvalue weighted by atomic mass is 15.3. The Morgan fingerprint density at radius 1 is 1.21 bits per heavy atom. The van der Waals surface area contributed by atoms with Gasteiger partial charge in [-0.05, 0) is 13.0 Å². The van der Waals surface area contributed by atoms with E-state index in [0.717, 1.165) is 45.6 Å². The molecule has 1 rings (SSSR count). The topological polar surface area (TPSA) is 30.3 Å². The zero-order valence-electron chi connectivity index (χ0n) is 9.37. The van der Waals surface area contributed by atoms with Crippen molar-refractivity contribution in [2.75, 3.05) is 32.7 Å². The molecule has 0 saturated carbocycles. The Kier molecular flexibility index (Phi) is 4.92. The van der Waals surface area contributed by atoms with Gasteiger partial charge in [-0.3, -0.25) is 4.90 Å². The fourth-order valence-electron chi connectivity index (χ4n) is 1.99. The second kappa shape index (κ2) is 6.00. The Morgan fingerprint density at radius 2 is 1.86 bits per heavy atom. The van der Waals surface area contributed by atoms with Crippen LogP contribution >= 0.6 is 0 Å². The fraction of sp³-hybridized carbons (Fsp3) is 0.909. The van der Waals surface area contributed by atoms with Gasteiger partial charge < -0.3 is 4.90 Å². The van der Waals surface area contributed by atoms with Gasteiger partial charge in [0.1, 0.15) is 0 Å². The number of nitrogens with zero attached hydrogens (tertiary/aromatic N) is 3. The SMILES string of the molecule is CCCC(C#N)N1CCN(CC)CC1. The smallest absolute Gasteiger partial charge is 0.0978 e. The predicted octanol–water partition coefficient (Wildman–Crippen LogP) is 1.32. The third kappa shape index (κ3) is 2.97. The molecule has 1 atom stereocenters. The van der Waals surface area contributed by atoms with Crippen LogP contribution < -0.4 is 0 Å². The molecular formula is C11H21N3. The Hall–Kier alpha value is -0.590. The molecule has 1 unspecified atom stereocenters. The first-order chi connectivity index (χ1) is 6.81. The van der Waals surface area contributed by atoms with Crippen LogP contribution in [-0.4, -0.2) is 48.6 Å². The molecule has 0 aromatic carbocycles. The van der Waals surface area contributed by atoms with Gasteiger partial charge in [-0.2, -0.15) is 5.26 Å². The lowest BCUT2D eigenvalue weighted by atomic mass is 10.1. The summed E-state index contributed by atoms with van der Waals surface area (Å²) in [5.41, 5.74) is 0. The van der Waals surface area contributed by atoms with Crippen LogP contribution in [0.2, 0.25) is 0 Å². The van der Waals surface area contributed by atoms with Gasteiger partial charge >= 0.3 is 0 Å². The van der Waals surface area contributed by atoms with E-state index in [9.17, 15) is 0 Å². The summed E-state index contributed by atoms with van der Waals surface area (Å²) >= 11 is 0. The van der Waals surface area contributed by atoms with Crippen LogP contribution in [0, 0.1) is 11.3 Å². The van der Waals surface area contributed by atoms with Crippen LogP contribution in [0.15, 0.2) is 0 Å². The van der Waals surface area contributed by atoms with Crippen LogP contribution in [0.4, 0.5) is 0 Å². The summed E-state index contributed by atoms with van der Waals surface area (Å²) in [6, 6.07) is 2.56. The van der Waals surface area contributed by atoms with Crippen LogP contribution in [-0.2, 0) is 0 Å². The molecule has 80 valence electrons. The number of likely N-dealkylation sites (N-methyl/N-ethyl adjacent to an activating group) is 1. The largest absolute Gasteiger partial charge is 0.301 e. The molecule has 0 bridgehead atoms. The predicted molar refractivity (Wildman–Crippen MR) is 58.0 cm³/mol. The van der Waals surface area contributed by atoms with E-state index in [2.05, 4.69) is 29.7 Å². The van der Waals surface area contributed by atoms with E-state index in [-0.39, 0.29) is 6.04 Å². The van der Waals surface area contributed by atoms with Crippen molar-refractivity contribution >= 4 is 0 Å². The summed E-state index contributed by atoms with van der Waals surface area (Å²) in [7, 11) is 0. The van der Waals surface area contributed by atoms with Gasteiger partial charge in [0, 0.05) is 26.2 Å².